The minimum atomic E-state index is -0.865. The Balaban J connectivity index is 2.39. The number of carboxylic acid groups (broad SMARTS) is 1. The van der Waals surface area contributed by atoms with E-state index in [1.54, 1.807) is 0 Å². The predicted octanol–water partition coefficient (Wildman–Crippen LogP) is 0.243. The zero-order valence-electron chi connectivity index (χ0n) is 9.23. The Kier molecular flexibility index (Phi) is 5.01. The summed E-state index contributed by atoms with van der Waals surface area (Å²) in [6, 6.07) is -0.407. The van der Waals surface area contributed by atoms with E-state index in [9.17, 15) is 4.79 Å². The van der Waals surface area contributed by atoms with Crippen LogP contribution < -0.4 is 5.32 Å². The van der Waals surface area contributed by atoms with E-state index in [2.05, 4.69) is 5.32 Å². The van der Waals surface area contributed by atoms with E-state index in [-0.39, 0.29) is 18.8 Å². The highest BCUT2D eigenvalue weighted by molar-refractivity contribution is 5.73. The molecule has 5 nitrogen and oxygen atoms in total. The number of carbonyl (C=O) groups is 1. The molecular formula is C10H19NO4. The Labute approximate surface area is 89.8 Å². The van der Waals surface area contributed by atoms with Crippen LogP contribution in [-0.2, 0) is 14.3 Å². The lowest BCUT2D eigenvalue weighted by Crippen LogP contribution is -2.49. The van der Waals surface area contributed by atoms with Crippen molar-refractivity contribution in [2.24, 2.45) is 0 Å². The molecule has 1 aliphatic heterocycles. The molecule has 2 N–H and O–H groups in total. The van der Waals surface area contributed by atoms with Gasteiger partial charge in [0.15, 0.2) is 0 Å². The van der Waals surface area contributed by atoms with Gasteiger partial charge in [-0.2, -0.15) is 0 Å². The quantitative estimate of drug-likeness (QED) is 0.690. The molecule has 0 aliphatic carbocycles. The Morgan fingerprint density at radius 3 is 3.00 bits per heavy atom. The Morgan fingerprint density at radius 1 is 1.73 bits per heavy atom. The summed E-state index contributed by atoms with van der Waals surface area (Å²) < 4.78 is 10.3. The molecule has 1 rings (SSSR count). The molecule has 3 unspecified atom stereocenters. The topological polar surface area (TPSA) is 67.8 Å². The molecule has 0 aromatic heterocycles. The summed E-state index contributed by atoms with van der Waals surface area (Å²) in [6.45, 7) is 2.89. The van der Waals surface area contributed by atoms with E-state index < -0.39 is 12.0 Å². The van der Waals surface area contributed by atoms with Gasteiger partial charge in [-0.1, -0.05) is 0 Å². The van der Waals surface area contributed by atoms with Crippen LogP contribution in [0.5, 0.6) is 0 Å². The summed E-state index contributed by atoms with van der Waals surface area (Å²) in [5, 5.41) is 12.0. The van der Waals surface area contributed by atoms with Crippen molar-refractivity contribution in [3.63, 3.8) is 0 Å². The maximum absolute atomic E-state index is 10.9. The van der Waals surface area contributed by atoms with Gasteiger partial charge in [0.2, 0.25) is 0 Å². The Hall–Kier alpha value is -0.650. The third kappa shape index (κ3) is 4.15. The largest absolute Gasteiger partial charge is 0.480 e. The summed E-state index contributed by atoms with van der Waals surface area (Å²) in [7, 11) is 1.50. The van der Waals surface area contributed by atoms with Crippen molar-refractivity contribution in [2.45, 2.75) is 38.0 Å². The van der Waals surface area contributed by atoms with Gasteiger partial charge in [0.05, 0.1) is 12.7 Å². The fourth-order valence-corrected chi connectivity index (χ4v) is 1.79. The van der Waals surface area contributed by atoms with Crippen molar-refractivity contribution in [1.82, 2.24) is 5.32 Å². The van der Waals surface area contributed by atoms with Crippen molar-refractivity contribution in [2.75, 3.05) is 20.3 Å². The minimum Gasteiger partial charge on any atom is -0.480 e. The summed E-state index contributed by atoms with van der Waals surface area (Å²) in [5.74, 6) is -0.865. The van der Waals surface area contributed by atoms with Gasteiger partial charge < -0.3 is 14.6 Å². The van der Waals surface area contributed by atoms with E-state index in [1.807, 2.05) is 6.92 Å². The van der Waals surface area contributed by atoms with E-state index in [0.29, 0.717) is 6.61 Å². The van der Waals surface area contributed by atoms with E-state index in [1.165, 1.54) is 7.11 Å². The second-order valence-electron chi connectivity index (χ2n) is 3.92. The van der Waals surface area contributed by atoms with E-state index in [0.717, 1.165) is 12.8 Å². The highest BCUT2D eigenvalue weighted by Crippen LogP contribution is 2.13. The van der Waals surface area contributed by atoms with Crippen LogP contribution in [0.15, 0.2) is 0 Å². The first kappa shape index (κ1) is 12.4. The molecule has 5 heteroatoms. The van der Waals surface area contributed by atoms with Gasteiger partial charge in [-0.25, -0.2) is 0 Å². The lowest BCUT2D eigenvalue weighted by molar-refractivity contribution is -0.141. The van der Waals surface area contributed by atoms with Crippen molar-refractivity contribution >= 4 is 5.97 Å². The van der Waals surface area contributed by atoms with Crippen LogP contribution in [-0.4, -0.2) is 49.6 Å². The molecule has 15 heavy (non-hydrogen) atoms. The molecule has 1 fully saturated rings. The van der Waals surface area contributed by atoms with Gasteiger partial charge in [0, 0.05) is 19.8 Å². The van der Waals surface area contributed by atoms with E-state index in [4.69, 9.17) is 14.6 Å². The fourth-order valence-electron chi connectivity index (χ4n) is 1.79. The molecule has 0 saturated carbocycles. The normalized spacial score (nSPS) is 28.7. The highest BCUT2D eigenvalue weighted by atomic mass is 16.5. The molecule has 0 radical (unpaired) electrons. The SMILES string of the molecule is COCC(NC1CCOC(C)C1)C(=O)O. The number of methoxy groups -OCH3 is 1. The average molecular weight is 217 g/mol. The van der Waals surface area contributed by atoms with Crippen molar-refractivity contribution in [3.8, 4) is 0 Å². The van der Waals surface area contributed by atoms with Gasteiger partial charge in [0.25, 0.3) is 0 Å². The van der Waals surface area contributed by atoms with Crippen LogP contribution in [0.4, 0.5) is 0 Å². The molecule has 1 aliphatic rings. The highest BCUT2D eigenvalue weighted by Gasteiger charge is 2.25. The zero-order chi connectivity index (χ0) is 11.3. The molecule has 3 atom stereocenters. The number of hydrogen-bond donors (Lipinski definition) is 2. The summed E-state index contributed by atoms with van der Waals surface area (Å²) in [6.07, 6.45) is 1.92. The zero-order valence-corrected chi connectivity index (χ0v) is 9.23. The summed E-state index contributed by atoms with van der Waals surface area (Å²) in [4.78, 5) is 10.9. The predicted molar refractivity (Wildman–Crippen MR) is 54.9 cm³/mol. The van der Waals surface area contributed by atoms with Crippen LogP contribution in [0.2, 0.25) is 0 Å². The standard InChI is InChI=1S/C10H19NO4/c1-7-5-8(3-4-15-7)11-9(6-14-2)10(12)13/h7-9,11H,3-6H2,1-2H3,(H,12,13). The molecule has 0 amide bonds. The second kappa shape index (κ2) is 6.05. The third-order valence-corrected chi connectivity index (χ3v) is 2.55. The molecule has 0 aromatic carbocycles. The molecule has 0 spiro atoms. The van der Waals surface area contributed by atoms with Gasteiger partial charge in [-0.05, 0) is 19.8 Å². The molecule has 1 saturated heterocycles. The molecule has 88 valence electrons. The van der Waals surface area contributed by atoms with Crippen LogP contribution in [0.25, 0.3) is 0 Å². The van der Waals surface area contributed by atoms with Gasteiger partial charge in [-0.15, -0.1) is 0 Å². The minimum absolute atomic E-state index is 0.196. The number of nitrogens with one attached hydrogen (secondary N) is 1. The van der Waals surface area contributed by atoms with Gasteiger partial charge in [-0.3, -0.25) is 10.1 Å². The monoisotopic (exact) mass is 217 g/mol. The number of hydrogen-bond acceptors (Lipinski definition) is 4. The molecule has 0 bridgehead atoms. The Morgan fingerprint density at radius 2 is 2.47 bits per heavy atom. The van der Waals surface area contributed by atoms with Crippen LogP contribution >= 0.6 is 0 Å². The van der Waals surface area contributed by atoms with E-state index >= 15 is 0 Å². The van der Waals surface area contributed by atoms with Gasteiger partial charge >= 0.3 is 5.97 Å². The number of carboxylic acids is 1. The summed E-state index contributed by atoms with van der Waals surface area (Å²) in [5.41, 5.74) is 0. The summed E-state index contributed by atoms with van der Waals surface area (Å²) >= 11 is 0. The third-order valence-electron chi connectivity index (χ3n) is 2.55. The Bertz CT molecular complexity index is 210. The van der Waals surface area contributed by atoms with Crippen molar-refractivity contribution < 1.29 is 19.4 Å². The van der Waals surface area contributed by atoms with Gasteiger partial charge in [0.1, 0.15) is 6.04 Å². The van der Waals surface area contributed by atoms with Crippen molar-refractivity contribution in [1.29, 1.82) is 0 Å². The average Bonchev–Trinajstić information content (AvgIpc) is 2.17. The van der Waals surface area contributed by atoms with Crippen LogP contribution in [0, 0.1) is 0 Å². The smallest absolute Gasteiger partial charge is 0.323 e. The first-order valence-corrected chi connectivity index (χ1v) is 5.23. The van der Waals surface area contributed by atoms with Crippen LogP contribution in [0.1, 0.15) is 19.8 Å². The van der Waals surface area contributed by atoms with Crippen molar-refractivity contribution in [3.05, 3.63) is 0 Å². The molecular weight excluding hydrogens is 198 g/mol. The lowest BCUT2D eigenvalue weighted by Gasteiger charge is -2.30. The van der Waals surface area contributed by atoms with Crippen LogP contribution in [0.3, 0.4) is 0 Å². The lowest BCUT2D eigenvalue weighted by atomic mass is 10.0. The number of aliphatic carboxylic acids is 1. The number of rotatable bonds is 5. The first-order chi connectivity index (χ1) is 7.13. The first-order valence-electron chi connectivity index (χ1n) is 5.23. The molecule has 1 heterocycles. The maximum atomic E-state index is 10.9. The maximum Gasteiger partial charge on any atom is 0.323 e. The fraction of sp³-hybridized carbons (Fsp3) is 0.900. The number of ether oxygens (including phenoxy) is 2. The second-order valence-corrected chi connectivity index (χ2v) is 3.92. The molecule has 0 aromatic rings.